The summed E-state index contributed by atoms with van der Waals surface area (Å²) >= 11 is 0. The molecule has 0 aliphatic heterocycles. The van der Waals surface area contributed by atoms with Crippen molar-refractivity contribution in [2.45, 2.75) is 32.4 Å². The molecule has 0 spiro atoms. The third kappa shape index (κ3) is 3.96. The van der Waals surface area contributed by atoms with Crippen LogP contribution in [0, 0.1) is 11.6 Å². The minimum atomic E-state index is -4.59. The van der Waals surface area contributed by atoms with Crippen molar-refractivity contribution in [1.29, 1.82) is 0 Å². The average Bonchev–Trinajstić information content (AvgIpc) is 3.04. The number of alkyl halides is 3. The molecule has 142 valence electrons. The molecule has 4 nitrogen and oxygen atoms in total. The summed E-state index contributed by atoms with van der Waals surface area (Å²) in [6.45, 7) is 5.53. The molecule has 0 bridgehead atoms. The highest BCUT2D eigenvalue weighted by atomic mass is 19.4. The van der Waals surface area contributed by atoms with Crippen molar-refractivity contribution in [2.24, 2.45) is 0 Å². The Morgan fingerprint density at radius 2 is 1.59 bits per heavy atom. The molecule has 1 N–H and O–H groups in total. The van der Waals surface area contributed by atoms with Crippen molar-refractivity contribution in [3.8, 4) is 22.8 Å². The van der Waals surface area contributed by atoms with Crippen LogP contribution < -0.4 is 0 Å². The van der Waals surface area contributed by atoms with Gasteiger partial charge in [-0.3, -0.25) is 5.10 Å². The highest BCUT2D eigenvalue weighted by Crippen LogP contribution is 2.32. The zero-order valence-corrected chi connectivity index (χ0v) is 14.6. The van der Waals surface area contributed by atoms with E-state index in [9.17, 15) is 22.0 Å². The van der Waals surface area contributed by atoms with Gasteiger partial charge in [0.1, 0.15) is 23.0 Å². The lowest BCUT2D eigenvalue weighted by atomic mass is 9.91. The minimum Gasteiger partial charge on any atom is -0.273 e. The molecule has 0 unspecified atom stereocenters. The van der Waals surface area contributed by atoms with Gasteiger partial charge in [-0.05, 0) is 24.3 Å². The van der Waals surface area contributed by atoms with Crippen molar-refractivity contribution in [3.63, 3.8) is 0 Å². The van der Waals surface area contributed by atoms with E-state index in [4.69, 9.17) is 0 Å². The molecule has 9 heteroatoms. The van der Waals surface area contributed by atoms with Crippen LogP contribution in [0.25, 0.3) is 22.8 Å². The number of hydrogen-bond donors (Lipinski definition) is 1. The maximum Gasteiger partial charge on any atom is 0.432 e. The lowest BCUT2D eigenvalue weighted by Gasteiger charge is -2.19. The molecule has 1 aromatic carbocycles. The molecule has 0 fully saturated rings. The molecular weight excluding hydrogens is 367 g/mol. The largest absolute Gasteiger partial charge is 0.432 e. The molecule has 0 radical (unpaired) electrons. The number of halogens is 5. The van der Waals surface area contributed by atoms with Gasteiger partial charge in [0.25, 0.3) is 0 Å². The van der Waals surface area contributed by atoms with E-state index in [-0.39, 0.29) is 22.8 Å². The first-order chi connectivity index (χ1) is 12.4. The van der Waals surface area contributed by atoms with Crippen LogP contribution in [-0.4, -0.2) is 20.2 Å². The average molecular weight is 382 g/mol. The first kappa shape index (κ1) is 18.9. The number of benzene rings is 1. The van der Waals surface area contributed by atoms with Crippen LogP contribution in [0.5, 0.6) is 0 Å². The number of hydrogen-bond acceptors (Lipinski definition) is 3. The molecular formula is C18H15F5N4. The Labute approximate surface area is 151 Å². The normalized spacial score (nSPS) is 12.4. The Hall–Kier alpha value is -2.84. The van der Waals surface area contributed by atoms with Gasteiger partial charge in [0, 0.05) is 11.5 Å². The van der Waals surface area contributed by atoms with Gasteiger partial charge in [-0.2, -0.15) is 18.3 Å². The first-order valence-electron chi connectivity index (χ1n) is 7.93. The van der Waals surface area contributed by atoms with E-state index >= 15 is 0 Å². The van der Waals surface area contributed by atoms with Gasteiger partial charge < -0.3 is 0 Å². The van der Waals surface area contributed by atoms with Crippen molar-refractivity contribution >= 4 is 0 Å². The summed E-state index contributed by atoms with van der Waals surface area (Å²) in [7, 11) is 0. The number of nitrogens with one attached hydrogen (secondary N) is 1. The van der Waals surface area contributed by atoms with Crippen molar-refractivity contribution < 1.29 is 22.0 Å². The third-order valence-electron chi connectivity index (χ3n) is 3.81. The van der Waals surface area contributed by atoms with Crippen LogP contribution in [0.2, 0.25) is 0 Å². The Bertz CT molecular complexity index is 986. The first-order valence-corrected chi connectivity index (χ1v) is 7.93. The maximum atomic E-state index is 14.2. The highest BCUT2D eigenvalue weighted by molar-refractivity contribution is 5.63. The minimum absolute atomic E-state index is 0.0565. The van der Waals surface area contributed by atoms with Gasteiger partial charge in [0.05, 0.1) is 17.0 Å². The number of aromatic nitrogens is 4. The van der Waals surface area contributed by atoms with Gasteiger partial charge in [0.15, 0.2) is 5.82 Å². The van der Waals surface area contributed by atoms with Crippen LogP contribution in [0.1, 0.15) is 32.2 Å². The summed E-state index contributed by atoms with van der Waals surface area (Å²) in [6.07, 6.45) is -4.59. The summed E-state index contributed by atoms with van der Waals surface area (Å²) in [4.78, 5) is 8.46. The van der Waals surface area contributed by atoms with Crippen molar-refractivity contribution in [2.75, 3.05) is 0 Å². The summed E-state index contributed by atoms with van der Waals surface area (Å²) in [5.74, 6) is -1.69. The second kappa shape index (κ2) is 6.40. The molecule has 0 saturated carbocycles. The lowest BCUT2D eigenvalue weighted by Crippen LogP contribution is -2.15. The van der Waals surface area contributed by atoms with E-state index in [1.807, 2.05) is 25.9 Å². The zero-order chi connectivity index (χ0) is 20.0. The second-order valence-electron chi connectivity index (χ2n) is 7.00. The van der Waals surface area contributed by atoms with Gasteiger partial charge in [-0.15, -0.1) is 0 Å². The Morgan fingerprint density at radius 3 is 2.15 bits per heavy atom. The standard InChI is InChI=1S/C18H15F5N4/c1-17(2,3)14-7-12(13-8-15(27-26-13)18(21,22)23)24-16(25-14)10-5-4-9(19)6-11(10)20/h4-8H,1-3H3,(H,26,27). The number of aromatic amines is 1. The third-order valence-corrected chi connectivity index (χ3v) is 3.81. The molecule has 0 aliphatic carbocycles. The SMILES string of the molecule is CC(C)(C)c1cc(-c2cc(C(F)(F)F)[nH]n2)nc(-c2ccc(F)cc2F)n1. The topological polar surface area (TPSA) is 54.5 Å². The van der Waals surface area contributed by atoms with Crippen LogP contribution >= 0.6 is 0 Å². The quantitative estimate of drug-likeness (QED) is 0.626. The van der Waals surface area contributed by atoms with E-state index in [2.05, 4.69) is 15.1 Å². The van der Waals surface area contributed by atoms with E-state index in [1.54, 1.807) is 0 Å². The van der Waals surface area contributed by atoms with Gasteiger partial charge in [-0.25, -0.2) is 18.7 Å². The van der Waals surface area contributed by atoms with E-state index in [0.29, 0.717) is 11.8 Å². The van der Waals surface area contributed by atoms with Crippen LogP contribution in [-0.2, 0) is 11.6 Å². The smallest absolute Gasteiger partial charge is 0.273 e. The monoisotopic (exact) mass is 382 g/mol. The molecule has 2 aromatic heterocycles. The second-order valence-corrected chi connectivity index (χ2v) is 7.00. The predicted molar refractivity (Wildman–Crippen MR) is 88.7 cm³/mol. The van der Waals surface area contributed by atoms with Crippen LogP contribution in [0.15, 0.2) is 30.3 Å². The molecule has 3 rings (SSSR count). The highest BCUT2D eigenvalue weighted by Gasteiger charge is 2.33. The number of rotatable bonds is 2. The molecule has 0 atom stereocenters. The molecule has 2 heterocycles. The predicted octanol–water partition coefficient (Wildman–Crippen LogP) is 5.13. The van der Waals surface area contributed by atoms with Crippen LogP contribution in [0.4, 0.5) is 22.0 Å². The molecule has 3 aromatic rings. The fourth-order valence-electron chi connectivity index (χ4n) is 2.35. The van der Waals surface area contributed by atoms with Crippen molar-refractivity contribution in [1.82, 2.24) is 20.2 Å². The Morgan fingerprint density at radius 1 is 0.889 bits per heavy atom. The van der Waals surface area contributed by atoms with E-state index in [0.717, 1.165) is 12.1 Å². The lowest BCUT2D eigenvalue weighted by molar-refractivity contribution is -0.141. The van der Waals surface area contributed by atoms with Gasteiger partial charge >= 0.3 is 6.18 Å². The summed E-state index contributed by atoms with van der Waals surface area (Å²) in [6, 6.07) is 5.25. The Balaban J connectivity index is 2.19. The maximum absolute atomic E-state index is 14.2. The summed E-state index contributed by atoms with van der Waals surface area (Å²) in [5, 5.41) is 5.58. The van der Waals surface area contributed by atoms with E-state index in [1.165, 1.54) is 12.1 Å². The molecule has 0 saturated heterocycles. The number of nitrogens with zero attached hydrogens (tertiary/aromatic N) is 3. The summed E-state index contributed by atoms with van der Waals surface area (Å²) < 4.78 is 65.9. The van der Waals surface area contributed by atoms with E-state index < -0.39 is 28.9 Å². The molecule has 0 aliphatic rings. The Kier molecular flexibility index (Phi) is 4.49. The van der Waals surface area contributed by atoms with Crippen molar-refractivity contribution in [3.05, 3.63) is 53.4 Å². The van der Waals surface area contributed by atoms with Crippen LogP contribution in [0.3, 0.4) is 0 Å². The molecule has 0 amide bonds. The van der Waals surface area contributed by atoms with Gasteiger partial charge in [0.2, 0.25) is 0 Å². The fraction of sp³-hybridized carbons (Fsp3) is 0.278. The van der Waals surface area contributed by atoms with Gasteiger partial charge in [-0.1, -0.05) is 20.8 Å². The molecule has 27 heavy (non-hydrogen) atoms. The number of H-pyrrole nitrogens is 1. The zero-order valence-electron chi connectivity index (χ0n) is 14.6. The fourth-order valence-corrected chi connectivity index (χ4v) is 2.35. The summed E-state index contributed by atoms with van der Waals surface area (Å²) in [5.41, 5.74) is -1.06.